The van der Waals surface area contributed by atoms with Gasteiger partial charge in [0.1, 0.15) is 0 Å². The molecule has 5 heteroatoms. The number of nitrogens with zero attached hydrogens (tertiary/aromatic N) is 1. The summed E-state index contributed by atoms with van der Waals surface area (Å²) in [6.45, 7) is 10.1. The summed E-state index contributed by atoms with van der Waals surface area (Å²) in [6, 6.07) is 12.8. The Balaban J connectivity index is 1.72. The lowest BCUT2D eigenvalue weighted by Crippen LogP contribution is -2.58. The van der Waals surface area contributed by atoms with Crippen molar-refractivity contribution >= 4 is 23.3 Å². The Labute approximate surface area is 172 Å². The van der Waals surface area contributed by atoms with Gasteiger partial charge in [-0.2, -0.15) is 0 Å². The van der Waals surface area contributed by atoms with E-state index in [1.807, 2.05) is 19.9 Å². The lowest BCUT2D eigenvalue weighted by molar-refractivity contribution is -0.158. The second-order valence-electron chi connectivity index (χ2n) is 8.27. The summed E-state index contributed by atoms with van der Waals surface area (Å²) in [6.07, 6.45) is 0.966. The van der Waals surface area contributed by atoms with E-state index in [1.165, 1.54) is 16.7 Å². The van der Waals surface area contributed by atoms with Crippen LogP contribution in [0.1, 0.15) is 48.6 Å². The number of aliphatic carboxylic acids is 1. The first-order valence-corrected chi connectivity index (χ1v) is 10.2. The van der Waals surface area contributed by atoms with Gasteiger partial charge in [0.05, 0.1) is 11.5 Å². The summed E-state index contributed by atoms with van der Waals surface area (Å²) in [4.78, 5) is 13.5. The molecule has 1 saturated heterocycles. The normalized spacial score (nSPS) is 17.0. The predicted molar refractivity (Wildman–Crippen MR) is 115 cm³/mol. The fourth-order valence-corrected chi connectivity index (χ4v) is 3.98. The Kier molecular flexibility index (Phi) is 6.01. The van der Waals surface area contributed by atoms with E-state index in [0.29, 0.717) is 13.1 Å². The molecule has 0 aromatic heterocycles. The molecule has 0 radical (unpaired) electrons. The number of carboxylic acid groups (broad SMARTS) is 1. The molecule has 0 bridgehead atoms. The van der Waals surface area contributed by atoms with Crippen LogP contribution in [0, 0.1) is 19.3 Å². The number of benzene rings is 2. The molecule has 2 N–H and O–H groups in total. The van der Waals surface area contributed by atoms with E-state index < -0.39 is 11.4 Å². The van der Waals surface area contributed by atoms with Crippen molar-refractivity contribution in [2.24, 2.45) is 5.41 Å². The summed E-state index contributed by atoms with van der Waals surface area (Å²) < 4.78 is 0. The van der Waals surface area contributed by atoms with Crippen LogP contribution in [0.3, 0.4) is 0 Å². The van der Waals surface area contributed by atoms with Gasteiger partial charge in [-0.3, -0.25) is 9.69 Å². The number of aryl methyl sites for hydroxylation is 2. The van der Waals surface area contributed by atoms with Crippen molar-refractivity contribution < 1.29 is 9.90 Å². The third kappa shape index (κ3) is 4.34. The number of rotatable bonds is 7. The van der Waals surface area contributed by atoms with Gasteiger partial charge in [0.25, 0.3) is 0 Å². The van der Waals surface area contributed by atoms with E-state index in [4.69, 9.17) is 11.6 Å². The molecule has 1 fully saturated rings. The third-order valence-electron chi connectivity index (χ3n) is 5.74. The number of carboxylic acids is 1. The lowest BCUT2D eigenvalue weighted by Gasteiger charge is -2.45. The molecule has 0 spiro atoms. The second-order valence-corrected chi connectivity index (χ2v) is 8.67. The Morgan fingerprint density at radius 2 is 1.93 bits per heavy atom. The van der Waals surface area contributed by atoms with Gasteiger partial charge in [-0.05, 0) is 67.6 Å². The minimum atomic E-state index is -0.708. The highest BCUT2D eigenvalue weighted by molar-refractivity contribution is 6.31. The maximum atomic E-state index is 11.3. The Bertz CT molecular complexity index is 875. The lowest BCUT2D eigenvalue weighted by atomic mass is 9.82. The van der Waals surface area contributed by atoms with Crippen molar-refractivity contribution in [3.63, 3.8) is 0 Å². The van der Waals surface area contributed by atoms with Gasteiger partial charge < -0.3 is 10.4 Å². The Morgan fingerprint density at radius 1 is 1.21 bits per heavy atom. The van der Waals surface area contributed by atoms with Crippen LogP contribution in [0.4, 0.5) is 5.69 Å². The second kappa shape index (κ2) is 8.14. The fraction of sp³-hybridized carbons (Fsp3) is 0.435. The van der Waals surface area contributed by atoms with Crippen LogP contribution < -0.4 is 5.32 Å². The molecule has 0 amide bonds. The van der Waals surface area contributed by atoms with Gasteiger partial charge in [-0.1, -0.05) is 36.7 Å². The van der Waals surface area contributed by atoms with Crippen LogP contribution in [0.2, 0.25) is 5.02 Å². The number of hydrogen-bond donors (Lipinski definition) is 2. The van der Waals surface area contributed by atoms with Crippen molar-refractivity contribution in [1.82, 2.24) is 4.90 Å². The first-order chi connectivity index (χ1) is 13.2. The number of carbonyl (C=O) groups is 1. The topological polar surface area (TPSA) is 52.6 Å². The Hall–Kier alpha value is -2.04. The van der Waals surface area contributed by atoms with E-state index in [-0.39, 0.29) is 6.04 Å². The standard InChI is InChI=1S/C23H29ClN2O2/c1-5-21(17-7-9-20(24)16(3)10-17)25-19-8-6-15(2)18(11-19)12-26-13-23(4,14-26)22(27)28/h6-11,21,25H,5,12-14H2,1-4H3,(H,27,28). The highest BCUT2D eigenvalue weighted by Crippen LogP contribution is 2.33. The van der Waals surface area contributed by atoms with Crippen LogP contribution in [-0.4, -0.2) is 29.1 Å². The zero-order valence-corrected chi connectivity index (χ0v) is 17.8. The molecule has 1 unspecified atom stereocenters. The largest absolute Gasteiger partial charge is 0.481 e. The van der Waals surface area contributed by atoms with Gasteiger partial charge >= 0.3 is 5.97 Å². The first-order valence-electron chi connectivity index (χ1n) is 9.79. The zero-order valence-electron chi connectivity index (χ0n) is 17.1. The van der Waals surface area contributed by atoms with Gasteiger partial charge in [-0.15, -0.1) is 0 Å². The minimum absolute atomic E-state index is 0.214. The number of nitrogens with one attached hydrogen (secondary N) is 1. The smallest absolute Gasteiger partial charge is 0.311 e. The number of hydrogen-bond acceptors (Lipinski definition) is 3. The van der Waals surface area contributed by atoms with Gasteiger partial charge in [0, 0.05) is 30.3 Å². The van der Waals surface area contributed by atoms with Crippen molar-refractivity contribution in [2.75, 3.05) is 18.4 Å². The summed E-state index contributed by atoms with van der Waals surface area (Å²) in [5.74, 6) is -0.708. The molecule has 150 valence electrons. The maximum absolute atomic E-state index is 11.3. The van der Waals surface area contributed by atoms with E-state index >= 15 is 0 Å². The molecule has 1 aliphatic heterocycles. The molecule has 3 rings (SSSR count). The van der Waals surface area contributed by atoms with Crippen molar-refractivity contribution in [2.45, 2.75) is 46.7 Å². The minimum Gasteiger partial charge on any atom is -0.481 e. The van der Waals surface area contributed by atoms with Gasteiger partial charge in [-0.25, -0.2) is 0 Å². The zero-order chi connectivity index (χ0) is 20.5. The summed E-state index contributed by atoms with van der Waals surface area (Å²) in [7, 11) is 0. The van der Waals surface area contributed by atoms with Crippen LogP contribution in [-0.2, 0) is 11.3 Å². The molecule has 2 aromatic carbocycles. The van der Waals surface area contributed by atoms with Gasteiger partial charge in [0.2, 0.25) is 0 Å². The fourth-order valence-electron chi connectivity index (χ4n) is 3.87. The molecular weight excluding hydrogens is 372 g/mol. The van der Waals surface area contributed by atoms with E-state index in [2.05, 4.69) is 54.4 Å². The molecule has 1 atom stereocenters. The molecule has 1 aliphatic rings. The summed E-state index contributed by atoms with van der Waals surface area (Å²) in [5, 5.41) is 13.7. The molecule has 28 heavy (non-hydrogen) atoms. The van der Waals surface area contributed by atoms with E-state index in [9.17, 15) is 9.90 Å². The average molecular weight is 401 g/mol. The van der Waals surface area contributed by atoms with Crippen LogP contribution in [0.5, 0.6) is 0 Å². The van der Waals surface area contributed by atoms with Gasteiger partial charge in [0.15, 0.2) is 0 Å². The van der Waals surface area contributed by atoms with Crippen LogP contribution >= 0.6 is 11.6 Å². The Morgan fingerprint density at radius 3 is 2.54 bits per heavy atom. The monoisotopic (exact) mass is 400 g/mol. The van der Waals surface area contributed by atoms with Crippen LogP contribution in [0.25, 0.3) is 0 Å². The van der Waals surface area contributed by atoms with Crippen LogP contribution in [0.15, 0.2) is 36.4 Å². The van der Waals surface area contributed by atoms with E-state index in [1.54, 1.807) is 0 Å². The predicted octanol–water partition coefficient (Wildman–Crippen LogP) is 5.43. The average Bonchev–Trinajstić information content (AvgIpc) is 2.63. The summed E-state index contributed by atoms with van der Waals surface area (Å²) in [5.41, 5.74) is 5.25. The molecule has 1 heterocycles. The summed E-state index contributed by atoms with van der Waals surface area (Å²) >= 11 is 6.17. The molecule has 0 saturated carbocycles. The van der Waals surface area contributed by atoms with E-state index in [0.717, 1.165) is 29.2 Å². The molecule has 0 aliphatic carbocycles. The quantitative estimate of drug-likeness (QED) is 0.650. The van der Waals surface area contributed by atoms with Crippen molar-refractivity contribution in [3.05, 3.63) is 63.7 Å². The molecule has 2 aromatic rings. The number of likely N-dealkylation sites (tertiary alicyclic amines) is 1. The highest BCUT2D eigenvalue weighted by atomic mass is 35.5. The molecule has 4 nitrogen and oxygen atoms in total. The van der Waals surface area contributed by atoms with Crippen molar-refractivity contribution in [3.8, 4) is 0 Å². The number of halogens is 1. The first kappa shape index (κ1) is 20.7. The SMILES string of the molecule is CCC(Nc1ccc(C)c(CN2CC(C)(C(=O)O)C2)c1)c1ccc(Cl)c(C)c1. The maximum Gasteiger partial charge on any atom is 0.311 e. The number of anilines is 1. The van der Waals surface area contributed by atoms with Crippen molar-refractivity contribution in [1.29, 1.82) is 0 Å². The highest BCUT2D eigenvalue weighted by Gasteiger charge is 2.45. The third-order valence-corrected chi connectivity index (χ3v) is 6.16. The molecular formula is C23H29ClN2O2.